The summed E-state index contributed by atoms with van der Waals surface area (Å²) in [5.74, 6) is 0.00709. The summed E-state index contributed by atoms with van der Waals surface area (Å²) in [5, 5.41) is 7.82. The zero-order chi connectivity index (χ0) is 19.3. The fraction of sp³-hybridized carbons (Fsp3) is 0.217. The lowest BCUT2D eigenvalue weighted by Crippen LogP contribution is -2.31. The van der Waals surface area contributed by atoms with Crippen LogP contribution in [0.15, 0.2) is 66.7 Å². The van der Waals surface area contributed by atoms with Crippen LogP contribution in [0.25, 0.3) is 10.8 Å². The van der Waals surface area contributed by atoms with E-state index >= 15 is 0 Å². The number of carbonyl (C=O) groups is 2. The Hall–Kier alpha value is -3.18. The van der Waals surface area contributed by atoms with Crippen molar-refractivity contribution in [1.82, 2.24) is 5.32 Å². The number of anilines is 1. The van der Waals surface area contributed by atoms with E-state index in [4.69, 9.17) is 4.74 Å². The second-order valence-corrected chi connectivity index (χ2v) is 6.91. The number of rotatable bonds is 5. The fourth-order valence-electron chi connectivity index (χ4n) is 3.59. The lowest BCUT2D eigenvalue weighted by Gasteiger charge is -2.16. The van der Waals surface area contributed by atoms with Gasteiger partial charge in [0.2, 0.25) is 0 Å². The minimum Gasteiger partial charge on any atom is -0.444 e. The lowest BCUT2D eigenvalue weighted by molar-refractivity contribution is 0.0955. The van der Waals surface area contributed by atoms with Gasteiger partial charge in [0.1, 0.15) is 6.61 Å². The Morgan fingerprint density at radius 3 is 2.57 bits per heavy atom. The average Bonchev–Trinajstić information content (AvgIpc) is 3.27. The third-order valence-corrected chi connectivity index (χ3v) is 5.00. The highest BCUT2D eigenvalue weighted by Gasteiger charge is 2.27. The summed E-state index contributed by atoms with van der Waals surface area (Å²) >= 11 is 0. The van der Waals surface area contributed by atoms with Gasteiger partial charge < -0.3 is 10.1 Å². The summed E-state index contributed by atoms with van der Waals surface area (Å²) < 4.78 is 5.33. The first-order chi connectivity index (χ1) is 13.7. The molecule has 5 heteroatoms. The number of amides is 1. The lowest BCUT2D eigenvalue weighted by atomic mass is 9.95. The van der Waals surface area contributed by atoms with E-state index in [1.165, 1.54) is 0 Å². The van der Waals surface area contributed by atoms with Crippen molar-refractivity contribution in [3.8, 4) is 0 Å². The average molecular weight is 374 g/mol. The van der Waals surface area contributed by atoms with Crippen LogP contribution < -0.4 is 10.6 Å². The van der Waals surface area contributed by atoms with Crippen LogP contribution in [-0.2, 0) is 11.3 Å². The Morgan fingerprint density at radius 1 is 1.00 bits per heavy atom. The molecule has 2 N–H and O–H groups in total. The Labute approximate surface area is 163 Å². The highest BCUT2D eigenvalue weighted by Crippen LogP contribution is 2.29. The third kappa shape index (κ3) is 3.89. The molecule has 1 amide bonds. The maximum Gasteiger partial charge on any atom is 0.411 e. The van der Waals surface area contributed by atoms with E-state index in [2.05, 4.69) is 10.6 Å². The van der Waals surface area contributed by atoms with Gasteiger partial charge in [0.25, 0.3) is 0 Å². The molecule has 1 aliphatic rings. The Kier molecular flexibility index (Phi) is 5.35. The highest BCUT2D eigenvalue weighted by atomic mass is 16.5. The Balaban J connectivity index is 1.59. The summed E-state index contributed by atoms with van der Waals surface area (Å²) in [6, 6.07) is 20.7. The van der Waals surface area contributed by atoms with Crippen LogP contribution >= 0.6 is 0 Å². The molecule has 0 unspecified atom stereocenters. The molecule has 4 rings (SSSR count). The molecule has 1 aliphatic heterocycles. The van der Waals surface area contributed by atoms with Crippen LogP contribution in [0, 0.1) is 0 Å². The van der Waals surface area contributed by atoms with Crippen molar-refractivity contribution in [2.45, 2.75) is 25.5 Å². The van der Waals surface area contributed by atoms with Crippen molar-refractivity contribution in [2.24, 2.45) is 0 Å². The van der Waals surface area contributed by atoms with Gasteiger partial charge in [0.05, 0.1) is 17.3 Å². The third-order valence-electron chi connectivity index (χ3n) is 5.00. The second kappa shape index (κ2) is 8.23. The van der Waals surface area contributed by atoms with E-state index in [0.717, 1.165) is 35.7 Å². The molecule has 5 nitrogen and oxygen atoms in total. The molecule has 3 aromatic rings. The van der Waals surface area contributed by atoms with Gasteiger partial charge >= 0.3 is 6.09 Å². The van der Waals surface area contributed by atoms with Gasteiger partial charge in [0, 0.05) is 0 Å². The maximum absolute atomic E-state index is 13.2. The molecule has 1 saturated heterocycles. The van der Waals surface area contributed by atoms with Crippen molar-refractivity contribution in [1.29, 1.82) is 0 Å². The normalized spacial score (nSPS) is 16.1. The highest BCUT2D eigenvalue weighted by molar-refractivity contribution is 6.16. The number of benzene rings is 3. The van der Waals surface area contributed by atoms with Crippen molar-refractivity contribution in [2.75, 3.05) is 11.9 Å². The number of fused-ring (bicyclic) bond motifs is 1. The maximum atomic E-state index is 13.2. The smallest absolute Gasteiger partial charge is 0.411 e. The van der Waals surface area contributed by atoms with Gasteiger partial charge in [-0.3, -0.25) is 10.1 Å². The molecule has 0 saturated carbocycles. The Morgan fingerprint density at radius 2 is 1.79 bits per heavy atom. The first kappa shape index (κ1) is 18.2. The minimum atomic E-state index is -0.576. The molecular formula is C23H22N2O3. The van der Waals surface area contributed by atoms with Gasteiger partial charge in [-0.1, -0.05) is 60.7 Å². The van der Waals surface area contributed by atoms with E-state index in [1.54, 1.807) is 6.07 Å². The zero-order valence-corrected chi connectivity index (χ0v) is 15.5. The molecule has 142 valence electrons. The van der Waals surface area contributed by atoms with Crippen molar-refractivity contribution < 1.29 is 14.3 Å². The quantitative estimate of drug-likeness (QED) is 0.644. The number of hydrogen-bond acceptors (Lipinski definition) is 4. The van der Waals surface area contributed by atoms with Crippen LogP contribution in [0.1, 0.15) is 28.8 Å². The number of ether oxygens (including phenoxy) is 1. The predicted octanol–water partition coefficient (Wildman–Crippen LogP) is 4.52. The van der Waals surface area contributed by atoms with Crippen molar-refractivity contribution in [3.63, 3.8) is 0 Å². The minimum absolute atomic E-state index is 0.00709. The monoisotopic (exact) mass is 374 g/mol. The summed E-state index contributed by atoms with van der Waals surface area (Å²) in [6.45, 7) is 1.01. The largest absolute Gasteiger partial charge is 0.444 e. The van der Waals surface area contributed by atoms with E-state index in [9.17, 15) is 9.59 Å². The first-order valence-corrected chi connectivity index (χ1v) is 9.49. The molecule has 1 fully saturated rings. The Bertz CT molecular complexity index is 995. The summed E-state index contributed by atoms with van der Waals surface area (Å²) in [7, 11) is 0. The van der Waals surface area contributed by atoms with E-state index in [1.807, 2.05) is 60.7 Å². The van der Waals surface area contributed by atoms with E-state index < -0.39 is 6.09 Å². The number of Topliss-reactive ketones (excluding diaryl/α,β-unsaturated/α-hetero) is 1. The summed E-state index contributed by atoms with van der Waals surface area (Å²) in [4.78, 5) is 25.5. The first-order valence-electron chi connectivity index (χ1n) is 9.49. The second-order valence-electron chi connectivity index (χ2n) is 6.91. The number of hydrogen-bond donors (Lipinski definition) is 2. The number of nitrogens with one attached hydrogen (secondary N) is 2. The van der Waals surface area contributed by atoms with Gasteiger partial charge in [-0.2, -0.15) is 0 Å². The SMILES string of the molecule is O=C(Nc1ccc2ccccc2c1C(=O)[C@@H]1CCCN1)OCc1ccccc1. The van der Waals surface area contributed by atoms with Crippen molar-refractivity contribution >= 4 is 28.3 Å². The standard InChI is InChI=1S/C23H22N2O3/c26-22(20-11-6-14-24-20)21-18-10-5-4-9-17(18)12-13-19(21)25-23(27)28-15-16-7-2-1-3-8-16/h1-5,7-10,12-13,20,24H,6,11,14-15H2,(H,25,27)/t20-/m0/s1. The number of ketones is 1. The van der Waals surface area contributed by atoms with Crippen LogP contribution in [0.3, 0.4) is 0 Å². The molecule has 0 spiro atoms. The molecule has 0 aliphatic carbocycles. The molecule has 3 aromatic carbocycles. The van der Waals surface area contributed by atoms with Crippen LogP contribution in [0.4, 0.5) is 10.5 Å². The van der Waals surface area contributed by atoms with Crippen LogP contribution in [0.5, 0.6) is 0 Å². The van der Waals surface area contributed by atoms with Crippen LogP contribution in [-0.4, -0.2) is 24.5 Å². The number of carbonyl (C=O) groups excluding carboxylic acids is 2. The van der Waals surface area contributed by atoms with Gasteiger partial charge in [0.15, 0.2) is 5.78 Å². The van der Waals surface area contributed by atoms with Crippen LogP contribution in [0.2, 0.25) is 0 Å². The summed E-state index contributed by atoms with van der Waals surface area (Å²) in [5.41, 5.74) is 1.92. The topological polar surface area (TPSA) is 67.4 Å². The van der Waals surface area contributed by atoms with Crippen molar-refractivity contribution in [3.05, 3.63) is 77.9 Å². The molecule has 1 atom stereocenters. The molecule has 0 aromatic heterocycles. The molecule has 0 bridgehead atoms. The van der Waals surface area contributed by atoms with E-state index in [-0.39, 0.29) is 18.4 Å². The molecule has 28 heavy (non-hydrogen) atoms. The fourth-order valence-corrected chi connectivity index (χ4v) is 3.59. The van der Waals surface area contributed by atoms with E-state index in [0.29, 0.717) is 11.3 Å². The van der Waals surface area contributed by atoms with Gasteiger partial charge in [-0.15, -0.1) is 0 Å². The summed E-state index contributed by atoms with van der Waals surface area (Å²) in [6.07, 6.45) is 1.20. The molecular weight excluding hydrogens is 352 g/mol. The predicted molar refractivity (Wildman–Crippen MR) is 110 cm³/mol. The zero-order valence-electron chi connectivity index (χ0n) is 15.5. The van der Waals surface area contributed by atoms with Gasteiger partial charge in [-0.05, 0) is 41.8 Å². The molecule has 1 heterocycles. The van der Waals surface area contributed by atoms with Gasteiger partial charge in [-0.25, -0.2) is 4.79 Å². The molecule has 0 radical (unpaired) electrons.